The highest BCUT2D eigenvalue weighted by Crippen LogP contribution is 2.43. The SMILES string of the molecule is Cc1cccc(CN2C(=O)C(=Cc3ccccc3)Sc3ccc(C(=O)NCCC(C)C)cc32)c1. The van der Waals surface area contributed by atoms with Crippen molar-refractivity contribution in [2.24, 2.45) is 5.92 Å². The van der Waals surface area contributed by atoms with Crippen molar-refractivity contribution in [3.05, 3.63) is 100.0 Å². The first-order valence-electron chi connectivity index (χ1n) is 11.6. The predicted octanol–water partition coefficient (Wildman–Crippen LogP) is 6.45. The van der Waals surface area contributed by atoms with Crippen LogP contribution < -0.4 is 10.2 Å². The van der Waals surface area contributed by atoms with Crippen LogP contribution in [0.4, 0.5) is 5.69 Å². The largest absolute Gasteiger partial charge is 0.352 e. The highest BCUT2D eigenvalue weighted by Gasteiger charge is 2.30. The molecule has 4 nitrogen and oxygen atoms in total. The summed E-state index contributed by atoms with van der Waals surface area (Å²) < 4.78 is 0. The molecule has 0 spiro atoms. The molecule has 1 aliphatic heterocycles. The average molecular weight is 471 g/mol. The maximum absolute atomic E-state index is 13.6. The van der Waals surface area contributed by atoms with E-state index in [0.29, 0.717) is 29.5 Å². The van der Waals surface area contributed by atoms with Crippen LogP contribution in [0.2, 0.25) is 0 Å². The maximum atomic E-state index is 13.6. The fourth-order valence-electron chi connectivity index (χ4n) is 3.88. The number of thioether (sulfide) groups is 1. The van der Waals surface area contributed by atoms with Crippen LogP contribution in [0.25, 0.3) is 6.08 Å². The lowest BCUT2D eigenvalue weighted by Gasteiger charge is -2.31. The molecule has 0 bridgehead atoms. The summed E-state index contributed by atoms with van der Waals surface area (Å²) in [5.41, 5.74) is 4.53. The van der Waals surface area contributed by atoms with E-state index < -0.39 is 0 Å². The van der Waals surface area contributed by atoms with Gasteiger partial charge in [-0.05, 0) is 54.7 Å². The Morgan fingerprint density at radius 3 is 2.56 bits per heavy atom. The molecule has 0 aromatic heterocycles. The average Bonchev–Trinajstić information content (AvgIpc) is 2.82. The Morgan fingerprint density at radius 2 is 1.82 bits per heavy atom. The number of hydrogen-bond acceptors (Lipinski definition) is 3. The molecule has 34 heavy (non-hydrogen) atoms. The Labute approximate surface area is 206 Å². The van der Waals surface area contributed by atoms with E-state index in [2.05, 4.69) is 25.2 Å². The molecule has 2 amide bonds. The second-order valence-electron chi connectivity index (χ2n) is 9.02. The van der Waals surface area contributed by atoms with E-state index in [1.807, 2.05) is 79.7 Å². The van der Waals surface area contributed by atoms with Gasteiger partial charge in [-0.15, -0.1) is 0 Å². The van der Waals surface area contributed by atoms with Crippen molar-refractivity contribution in [2.45, 2.75) is 38.6 Å². The third kappa shape index (κ3) is 5.78. The predicted molar refractivity (Wildman–Crippen MR) is 141 cm³/mol. The summed E-state index contributed by atoms with van der Waals surface area (Å²) in [6, 6.07) is 23.7. The van der Waals surface area contributed by atoms with E-state index >= 15 is 0 Å². The monoisotopic (exact) mass is 470 g/mol. The number of carbonyl (C=O) groups excluding carboxylic acids is 2. The van der Waals surface area contributed by atoms with Gasteiger partial charge in [0.15, 0.2) is 0 Å². The van der Waals surface area contributed by atoms with Gasteiger partial charge in [-0.25, -0.2) is 0 Å². The summed E-state index contributed by atoms with van der Waals surface area (Å²) >= 11 is 1.46. The van der Waals surface area contributed by atoms with E-state index in [4.69, 9.17) is 0 Å². The zero-order valence-corrected chi connectivity index (χ0v) is 20.7. The van der Waals surface area contributed by atoms with Crippen molar-refractivity contribution in [3.63, 3.8) is 0 Å². The van der Waals surface area contributed by atoms with Crippen LogP contribution >= 0.6 is 11.8 Å². The van der Waals surface area contributed by atoms with Crippen molar-refractivity contribution in [3.8, 4) is 0 Å². The number of rotatable bonds is 7. The Bertz CT molecular complexity index is 1220. The van der Waals surface area contributed by atoms with E-state index in [1.54, 1.807) is 4.90 Å². The lowest BCUT2D eigenvalue weighted by molar-refractivity contribution is -0.114. The quantitative estimate of drug-likeness (QED) is 0.404. The van der Waals surface area contributed by atoms with E-state index in [9.17, 15) is 9.59 Å². The van der Waals surface area contributed by atoms with Crippen molar-refractivity contribution >= 4 is 35.3 Å². The molecule has 0 fully saturated rings. The number of anilines is 1. The minimum Gasteiger partial charge on any atom is -0.352 e. The number of benzene rings is 3. The number of nitrogens with one attached hydrogen (secondary N) is 1. The topological polar surface area (TPSA) is 49.4 Å². The van der Waals surface area contributed by atoms with Crippen LogP contribution in [-0.4, -0.2) is 18.4 Å². The Hall–Kier alpha value is -3.31. The molecule has 0 atom stereocenters. The summed E-state index contributed by atoms with van der Waals surface area (Å²) in [4.78, 5) is 29.8. The number of carbonyl (C=O) groups is 2. The molecule has 0 unspecified atom stereocenters. The highest BCUT2D eigenvalue weighted by molar-refractivity contribution is 8.04. The highest BCUT2D eigenvalue weighted by atomic mass is 32.2. The van der Waals surface area contributed by atoms with Gasteiger partial charge in [0, 0.05) is 17.0 Å². The van der Waals surface area contributed by atoms with Crippen LogP contribution in [-0.2, 0) is 11.3 Å². The summed E-state index contributed by atoms with van der Waals surface area (Å²) in [7, 11) is 0. The summed E-state index contributed by atoms with van der Waals surface area (Å²) in [5, 5.41) is 3.00. The first-order chi connectivity index (χ1) is 16.4. The van der Waals surface area contributed by atoms with E-state index in [0.717, 1.165) is 33.7 Å². The van der Waals surface area contributed by atoms with Gasteiger partial charge in [0.25, 0.3) is 11.8 Å². The van der Waals surface area contributed by atoms with Crippen LogP contribution in [0.5, 0.6) is 0 Å². The molecule has 1 N–H and O–H groups in total. The van der Waals surface area contributed by atoms with Crippen molar-refractivity contribution in [1.29, 1.82) is 0 Å². The van der Waals surface area contributed by atoms with Gasteiger partial charge in [0.05, 0.1) is 17.1 Å². The molecule has 1 aliphatic rings. The number of nitrogens with zero attached hydrogens (tertiary/aromatic N) is 1. The standard InChI is InChI=1S/C29H30N2O2S/c1-20(2)14-15-30-28(32)24-12-13-26-25(18-24)31(19-23-11-7-8-21(3)16-23)29(33)27(34-26)17-22-9-5-4-6-10-22/h4-13,16-18,20H,14-15,19H2,1-3H3,(H,30,32). The fraction of sp³-hybridized carbons (Fsp3) is 0.241. The molecule has 0 aliphatic carbocycles. The third-order valence-electron chi connectivity index (χ3n) is 5.72. The summed E-state index contributed by atoms with van der Waals surface area (Å²) in [6.45, 7) is 7.40. The summed E-state index contributed by atoms with van der Waals surface area (Å²) in [5.74, 6) is 0.361. The molecule has 1 heterocycles. The second-order valence-corrected chi connectivity index (χ2v) is 10.1. The van der Waals surface area contributed by atoms with Crippen LogP contribution in [0.15, 0.2) is 82.6 Å². The lowest BCUT2D eigenvalue weighted by Crippen LogP contribution is -2.34. The first kappa shape index (κ1) is 23.8. The minimum absolute atomic E-state index is 0.0553. The molecule has 4 rings (SSSR count). The smallest absolute Gasteiger partial charge is 0.265 e. The molecule has 174 valence electrons. The van der Waals surface area contributed by atoms with Gasteiger partial charge >= 0.3 is 0 Å². The van der Waals surface area contributed by atoms with E-state index in [1.165, 1.54) is 11.8 Å². The normalized spacial score (nSPS) is 14.4. The zero-order valence-electron chi connectivity index (χ0n) is 19.9. The summed E-state index contributed by atoms with van der Waals surface area (Å²) in [6.07, 6.45) is 2.86. The van der Waals surface area contributed by atoms with E-state index in [-0.39, 0.29) is 11.8 Å². The van der Waals surface area contributed by atoms with Gasteiger partial charge in [0.1, 0.15) is 0 Å². The number of fused-ring (bicyclic) bond motifs is 1. The molecule has 3 aromatic carbocycles. The minimum atomic E-state index is -0.109. The van der Waals surface area contributed by atoms with Gasteiger partial charge in [-0.2, -0.15) is 0 Å². The molecule has 5 heteroatoms. The Kier molecular flexibility index (Phi) is 7.53. The molecule has 0 saturated carbocycles. The number of aryl methyl sites for hydroxylation is 1. The lowest BCUT2D eigenvalue weighted by atomic mass is 10.1. The second kappa shape index (κ2) is 10.7. The van der Waals surface area contributed by atoms with Gasteiger partial charge in [0.2, 0.25) is 0 Å². The molecular weight excluding hydrogens is 440 g/mol. The van der Waals surface area contributed by atoms with Crippen molar-refractivity contribution in [1.82, 2.24) is 5.32 Å². The van der Waals surface area contributed by atoms with Gasteiger partial charge < -0.3 is 10.2 Å². The molecular formula is C29H30N2O2S. The van der Waals surface area contributed by atoms with Crippen LogP contribution in [0.3, 0.4) is 0 Å². The molecule has 3 aromatic rings. The Morgan fingerprint density at radius 1 is 1.03 bits per heavy atom. The first-order valence-corrected chi connectivity index (χ1v) is 12.5. The Balaban J connectivity index is 1.69. The van der Waals surface area contributed by atoms with Crippen molar-refractivity contribution in [2.75, 3.05) is 11.4 Å². The third-order valence-corrected chi connectivity index (χ3v) is 6.79. The number of amides is 2. The van der Waals surface area contributed by atoms with Gasteiger partial charge in [-0.1, -0.05) is 85.8 Å². The van der Waals surface area contributed by atoms with Crippen LogP contribution in [0, 0.1) is 12.8 Å². The zero-order chi connectivity index (χ0) is 24.1. The molecule has 0 saturated heterocycles. The van der Waals surface area contributed by atoms with Gasteiger partial charge in [-0.3, -0.25) is 9.59 Å². The van der Waals surface area contributed by atoms with Crippen molar-refractivity contribution < 1.29 is 9.59 Å². The number of hydrogen-bond donors (Lipinski definition) is 1. The maximum Gasteiger partial charge on any atom is 0.265 e. The van der Waals surface area contributed by atoms with Crippen LogP contribution in [0.1, 0.15) is 47.3 Å². The molecule has 0 radical (unpaired) electrons. The fourth-order valence-corrected chi connectivity index (χ4v) is 4.92.